The number of fused-ring (bicyclic) bond motifs is 2. The minimum atomic E-state index is -0.355. The van der Waals surface area contributed by atoms with Crippen molar-refractivity contribution in [3.05, 3.63) is 57.3 Å². The third kappa shape index (κ3) is 3.86. The van der Waals surface area contributed by atoms with Crippen LogP contribution in [0, 0.1) is 13.8 Å². The first-order chi connectivity index (χ1) is 14.0. The number of aryl methyl sites for hydroxylation is 2. The van der Waals surface area contributed by atoms with Crippen LogP contribution in [-0.2, 0) is 16.1 Å². The number of thiazole rings is 2. The molecule has 29 heavy (non-hydrogen) atoms. The zero-order chi connectivity index (χ0) is 20.5. The molecule has 2 aromatic heterocycles. The Morgan fingerprint density at radius 2 is 2.03 bits per heavy atom. The lowest BCUT2D eigenvalue weighted by Gasteiger charge is -2.06. The van der Waals surface area contributed by atoms with Crippen molar-refractivity contribution in [1.29, 1.82) is 0 Å². The van der Waals surface area contributed by atoms with Crippen LogP contribution in [0.1, 0.15) is 28.4 Å². The van der Waals surface area contributed by atoms with Crippen molar-refractivity contribution in [3.63, 3.8) is 0 Å². The molecule has 148 valence electrons. The molecular formula is C21H19N3O3S2. The molecule has 0 unspecified atom stereocenters. The summed E-state index contributed by atoms with van der Waals surface area (Å²) in [5.41, 5.74) is 6.15. The lowest BCUT2D eigenvalue weighted by Crippen LogP contribution is -2.23. The topological polar surface area (TPSA) is 73.6 Å². The van der Waals surface area contributed by atoms with E-state index in [1.165, 1.54) is 22.7 Å². The van der Waals surface area contributed by atoms with Crippen LogP contribution in [0.4, 0.5) is 0 Å². The highest BCUT2D eigenvalue weighted by molar-refractivity contribution is 7.17. The van der Waals surface area contributed by atoms with E-state index in [4.69, 9.17) is 4.74 Å². The molecule has 0 aliphatic heterocycles. The molecule has 2 aromatic carbocycles. The molecule has 0 fully saturated rings. The van der Waals surface area contributed by atoms with Crippen LogP contribution in [0.2, 0.25) is 0 Å². The van der Waals surface area contributed by atoms with Gasteiger partial charge in [-0.05, 0) is 56.2 Å². The molecule has 0 aliphatic carbocycles. The number of carbonyl (C=O) groups excluding carboxylic acids is 2. The Hall–Kier alpha value is -2.84. The van der Waals surface area contributed by atoms with Crippen LogP contribution < -0.4 is 4.80 Å². The molecule has 0 N–H and O–H groups in total. The summed E-state index contributed by atoms with van der Waals surface area (Å²) in [4.78, 5) is 34.1. The molecule has 0 saturated heterocycles. The monoisotopic (exact) mass is 425 g/mol. The molecule has 0 spiro atoms. The third-order valence-corrected chi connectivity index (χ3v) is 6.50. The molecule has 4 rings (SSSR count). The van der Waals surface area contributed by atoms with Gasteiger partial charge in [0.2, 0.25) is 0 Å². The van der Waals surface area contributed by atoms with Gasteiger partial charge in [0.05, 0.1) is 32.6 Å². The molecule has 4 aromatic rings. The van der Waals surface area contributed by atoms with Crippen LogP contribution in [0.3, 0.4) is 0 Å². The zero-order valence-corrected chi connectivity index (χ0v) is 17.9. The van der Waals surface area contributed by atoms with Gasteiger partial charge in [-0.3, -0.25) is 9.59 Å². The first-order valence-corrected chi connectivity index (χ1v) is 10.8. The van der Waals surface area contributed by atoms with Gasteiger partial charge in [0, 0.05) is 5.56 Å². The zero-order valence-electron chi connectivity index (χ0n) is 16.3. The number of aromatic nitrogens is 2. The van der Waals surface area contributed by atoms with Crippen LogP contribution in [0.25, 0.3) is 20.4 Å². The quantitative estimate of drug-likeness (QED) is 0.459. The van der Waals surface area contributed by atoms with Gasteiger partial charge in [-0.25, -0.2) is 4.98 Å². The second-order valence-corrected chi connectivity index (χ2v) is 8.52. The van der Waals surface area contributed by atoms with Gasteiger partial charge in [-0.15, -0.1) is 11.3 Å². The summed E-state index contributed by atoms with van der Waals surface area (Å²) >= 11 is 2.89. The van der Waals surface area contributed by atoms with Crippen molar-refractivity contribution in [2.75, 3.05) is 6.61 Å². The van der Waals surface area contributed by atoms with Gasteiger partial charge in [-0.2, -0.15) is 4.99 Å². The molecule has 0 atom stereocenters. The van der Waals surface area contributed by atoms with E-state index in [1.54, 1.807) is 29.1 Å². The van der Waals surface area contributed by atoms with Gasteiger partial charge in [0.1, 0.15) is 6.54 Å². The van der Waals surface area contributed by atoms with Crippen molar-refractivity contribution < 1.29 is 14.3 Å². The van der Waals surface area contributed by atoms with Crippen molar-refractivity contribution in [2.24, 2.45) is 4.99 Å². The number of ether oxygens (including phenoxy) is 1. The van der Waals surface area contributed by atoms with Crippen molar-refractivity contribution in [2.45, 2.75) is 27.3 Å². The summed E-state index contributed by atoms with van der Waals surface area (Å²) in [5, 5.41) is 0. The molecule has 0 radical (unpaired) electrons. The van der Waals surface area contributed by atoms with E-state index in [0.29, 0.717) is 17.0 Å². The number of amides is 1. The number of hydrogen-bond donors (Lipinski definition) is 0. The maximum absolute atomic E-state index is 12.9. The first kappa shape index (κ1) is 19.5. The SMILES string of the molecule is CCOC(=O)Cn1c(=NC(=O)c2ccc3ncsc3c2)sc2c(C)cc(C)cc21. The molecular weight excluding hydrogens is 406 g/mol. The van der Waals surface area contributed by atoms with E-state index < -0.39 is 0 Å². The molecule has 0 saturated carbocycles. The van der Waals surface area contributed by atoms with Gasteiger partial charge in [0.15, 0.2) is 4.80 Å². The number of esters is 1. The summed E-state index contributed by atoms with van der Waals surface area (Å²) in [6, 6.07) is 9.44. The predicted octanol–water partition coefficient (Wildman–Crippen LogP) is 4.23. The number of carbonyl (C=O) groups is 2. The maximum atomic E-state index is 12.9. The van der Waals surface area contributed by atoms with Gasteiger partial charge in [0.25, 0.3) is 5.91 Å². The van der Waals surface area contributed by atoms with Gasteiger partial charge < -0.3 is 9.30 Å². The Kier molecular flexibility index (Phi) is 5.29. The molecule has 0 aliphatic rings. The summed E-state index contributed by atoms with van der Waals surface area (Å²) in [7, 11) is 0. The predicted molar refractivity (Wildman–Crippen MR) is 115 cm³/mol. The molecule has 8 heteroatoms. The Balaban J connectivity index is 1.85. The number of hydrogen-bond acceptors (Lipinski definition) is 6. The van der Waals surface area contributed by atoms with Crippen LogP contribution in [0.15, 0.2) is 40.8 Å². The molecule has 0 bridgehead atoms. The highest BCUT2D eigenvalue weighted by atomic mass is 32.1. The minimum absolute atomic E-state index is 0.0106. The maximum Gasteiger partial charge on any atom is 0.326 e. The Morgan fingerprint density at radius 1 is 1.21 bits per heavy atom. The van der Waals surface area contributed by atoms with E-state index >= 15 is 0 Å². The number of rotatable bonds is 4. The van der Waals surface area contributed by atoms with E-state index in [0.717, 1.165) is 31.6 Å². The van der Waals surface area contributed by atoms with Crippen LogP contribution >= 0.6 is 22.7 Å². The summed E-state index contributed by atoms with van der Waals surface area (Å²) in [5.74, 6) is -0.704. The fourth-order valence-electron chi connectivity index (χ4n) is 3.23. The van der Waals surface area contributed by atoms with E-state index in [2.05, 4.69) is 16.0 Å². The van der Waals surface area contributed by atoms with Crippen LogP contribution in [-0.4, -0.2) is 28.0 Å². The lowest BCUT2D eigenvalue weighted by molar-refractivity contribution is -0.143. The number of benzene rings is 2. The minimum Gasteiger partial charge on any atom is -0.465 e. The normalized spacial score (nSPS) is 12.0. The Bertz CT molecular complexity index is 1310. The van der Waals surface area contributed by atoms with E-state index in [1.807, 2.05) is 26.0 Å². The first-order valence-electron chi connectivity index (χ1n) is 9.14. The van der Waals surface area contributed by atoms with Crippen molar-refractivity contribution in [3.8, 4) is 0 Å². The lowest BCUT2D eigenvalue weighted by atomic mass is 10.1. The van der Waals surface area contributed by atoms with E-state index in [-0.39, 0.29) is 18.4 Å². The molecule has 6 nitrogen and oxygen atoms in total. The fraction of sp³-hybridized carbons (Fsp3) is 0.238. The second kappa shape index (κ2) is 7.88. The van der Waals surface area contributed by atoms with E-state index in [9.17, 15) is 9.59 Å². The standard InChI is InChI=1S/C21H19N3O3S2/c1-4-27-18(25)10-24-16-8-12(2)7-13(3)19(16)29-21(24)23-20(26)14-5-6-15-17(9-14)28-11-22-15/h5-9,11H,4,10H2,1-3H3. The largest absolute Gasteiger partial charge is 0.465 e. The van der Waals surface area contributed by atoms with Gasteiger partial charge in [-0.1, -0.05) is 17.4 Å². The Labute approximate surface area is 175 Å². The highest BCUT2D eigenvalue weighted by Gasteiger charge is 2.15. The van der Waals surface area contributed by atoms with Gasteiger partial charge >= 0.3 is 5.97 Å². The van der Waals surface area contributed by atoms with Crippen LogP contribution in [0.5, 0.6) is 0 Å². The fourth-order valence-corrected chi connectivity index (χ4v) is 5.02. The second-order valence-electron chi connectivity index (χ2n) is 6.66. The Morgan fingerprint density at radius 3 is 2.83 bits per heavy atom. The molecule has 2 heterocycles. The highest BCUT2D eigenvalue weighted by Crippen LogP contribution is 2.24. The van der Waals surface area contributed by atoms with Crippen molar-refractivity contribution >= 4 is 55.0 Å². The number of nitrogens with zero attached hydrogens (tertiary/aromatic N) is 3. The third-order valence-electron chi connectivity index (χ3n) is 4.48. The summed E-state index contributed by atoms with van der Waals surface area (Å²) in [6.45, 7) is 6.11. The average Bonchev–Trinajstić information content (AvgIpc) is 3.27. The smallest absolute Gasteiger partial charge is 0.326 e. The van der Waals surface area contributed by atoms with Crippen molar-refractivity contribution in [1.82, 2.24) is 9.55 Å². The summed E-state index contributed by atoms with van der Waals surface area (Å²) < 4.78 is 8.83. The summed E-state index contributed by atoms with van der Waals surface area (Å²) in [6.07, 6.45) is 0. The molecule has 1 amide bonds. The average molecular weight is 426 g/mol.